The second-order valence-corrected chi connectivity index (χ2v) is 8.71. The summed E-state index contributed by atoms with van der Waals surface area (Å²) in [5.74, 6) is -0.00194. The summed E-state index contributed by atoms with van der Waals surface area (Å²) in [6.07, 6.45) is -4.88. The fraction of sp³-hybridized carbons (Fsp3) is 0.650. The van der Waals surface area contributed by atoms with Gasteiger partial charge in [0, 0.05) is 6.92 Å². The van der Waals surface area contributed by atoms with E-state index in [1.807, 2.05) is 27.7 Å². The summed E-state index contributed by atoms with van der Waals surface area (Å²) in [6.45, 7) is 8.68. The van der Waals surface area contributed by atoms with Crippen molar-refractivity contribution in [2.75, 3.05) is 6.61 Å². The lowest BCUT2D eigenvalue weighted by atomic mass is 9.79. The third kappa shape index (κ3) is 4.49. The summed E-state index contributed by atoms with van der Waals surface area (Å²) in [4.78, 5) is 11.5. The molecule has 2 aliphatic rings. The van der Waals surface area contributed by atoms with E-state index in [0.29, 0.717) is 5.75 Å². The Morgan fingerprint density at radius 2 is 1.67 bits per heavy atom. The maximum Gasteiger partial charge on any atom is 0.494 e. The zero-order valence-corrected chi connectivity index (χ0v) is 17.9. The van der Waals surface area contributed by atoms with Crippen LogP contribution < -0.4 is 15.5 Å². The van der Waals surface area contributed by atoms with E-state index < -0.39 is 61.5 Å². The first-order chi connectivity index (χ1) is 13.9. The molecule has 2 aliphatic heterocycles. The van der Waals surface area contributed by atoms with E-state index >= 15 is 0 Å². The van der Waals surface area contributed by atoms with Crippen molar-refractivity contribution in [3.63, 3.8) is 0 Å². The van der Waals surface area contributed by atoms with E-state index in [2.05, 4.69) is 5.32 Å². The molecule has 166 valence electrons. The first kappa shape index (κ1) is 23.0. The molecule has 1 amide bonds. The van der Waals surface area contributed by atoms with Crippen molar-refractivity contribution in [3.8, 4) is 5.75 Å². The van der Waals surface area contributed by atoms with Crippen LogP contribution in [0.25, 0.3) is 0 Å². The van der Waals surface area contributed by atoms with Crippen LogP contribution >= 0.6 is 0 Å². The quantitative estimate of drug-likeness (QED) is 0.459. The van der Waals surface area contributed by atoms with Gasteiger partial charge in [-0.25, -0.2) is 0 Å². The molecule has 0 bridgehead atoms. The van der Waals surface area contributed by atoms with E-state index in [4.69, 9.17) is 18.8 Å². The summed E-state index contributed by atoms with van der Waals surface area (Å²) >= 11 is 0. The lowest BCUT2D eigenvalue weighted by Crippen LogP contribution is -2.65. The molecule has 0 aromatic heterocycles. The Morgan fingerprint density at radius 1 is 1.10 bits per heavy atom. The predicted molar refractivity (Wildman–Crippen MR) is 108 cm³/mol. The number of carbonyl (C=O) groups excluding carboxylic acids is 1. The van der Waals surface area contributed by atoms with Crippen LogP contribution in [0.1, 0.15) is 34.6 Å². The fourth-order valence-corrected chi connectivity index (χ4v) is 3.39. The Balaban J connectivity index is 1.74. The van der Waals surface area contributed by atoms with Crippen molar-refractivity contribution in [3.05, 3.63) is 24.3 Å². The van der Waals surface area contributed by atoms with Gasteiger partial charge in [0.15, 0.2) is 0 Å². The number of aliphatic hydroxyl groups is 3. The van der Waals surface area contributed by atoms with Gasteiger partial charge in [-0.3, -0.25) is 4.79 Å². The van der Waals surface area contributed by atoms with Crippen LogP contribution in [0.2, 0.25) is 0 Å². The molecule has 0 aliphatic carbocycles. The van der Waals surface area contributed by atoms with Gasteiger partial charge in [0.25, 0.3) is 0 Å². The lowest BCUT2D eigenvalue weighted by molar-refractivity contribution is -0.244. The minimum absolute atomic E-state index is 0.413. The standard InChI is InChI=1S/C20H30BNO8/c1-11(24)22-15-17(26)16(25)14(10-23)28-18(15)27-13-8-6-12(7-9-13)21-29-19(2,3)20(4,5)30-21/h6-9,14-18,23,25-26H,10H2,1-5H3,(H,22,24)/t14?,15-,16?,17?,18?/m0/s1. The van der Waals surface area contributed by atoms with E-state index in [-0.39, 0.29) is 0 Å². The van der Waals surface area contributed by atoms with Crippen molar-refractivity contribution in [2.45, 2.75) is 76.5 Å². The normalized spacial score (nSPS) is 32.7. The monoisotopic (exact) mass is 423 g/mol. The molecule has 3 rings (SSSR count). The number of carbonyl (C=O) groups is 1. The molecule has 2 fully saturated rings. The van der Waals surface area contributed by atoms with Crippen molar-refractivity contribution >= 4 is 18.5 Å². The van der Waals surface area contributed by atoms with Crippen LogP contribution in [-0.2, 0) is 18.8 Å². The fourth-order valence-electron chi connectivity index (χ4n) is 3.39. The van der Waals surface area contributed by atoms with Gasteiger partial charge < -0.3 is 39.4 Å². The average molecular weight is 423 g/mol. The molecule has 4 N–H and O–H groups in total. The molecule has 30 heavy (non-hydrogen) atoms. The van der Waals surface area contributed by atoms with Gasteiger partial charge >= 0.3 is 7.12 Å². The summed E-state index contributed by atoms with van der Waals surface area (Å²) in [7, 11) is -0.516. The van der Waals surface area contributed by atoms with Crippen molar-refractivity contribution in [1.29, 1.82) is 0 Å². The number of hydrogen-bond donors (Lipinski definition) is 4. The highest BCUT2D eigenvalue weighted by molar-refractivity contribution is 6.62. The van der Waals surface area contributed by atoms with Crippen LogP contribution in [0.3, 0.4) is 0 Å². The van der Waals surface area contributed by atoms with Gasteiger partial charge in [-0.1, -0.05) is 12.1 Å². The molecule has 9 nitrogen and oxygen atoms in total. The molecule has 0 spiro atoms. The topological polar surface area (TPSA) is 127 Å². The summed E-state index contributed by atoms with van der Waals surface area (Å²) in [5.41, 5.74) is -0.0948. The summed E-state index contributed by atoms with van der Waals surface area (Å²) in [5, 5.41) is 32.4. The molecule has 0 radical (unpaired) electrons. The Morgan fingerprint density at radius 3 is 2.17 bits per heavy atom. The third-order valence-electron chi connectivity index (χ3n) is 5.91. The highest BCUT2D eigenvalue weighted by Crippen LogP contribution is 2.36. The first-order valence-electron chi connectivity index (χ1n) is 9.97. The number of rotatable bonds is 5. The van der Waals surface area contributed by atoms with Crippen molar-refractivity contribution in [1.82, 2.24) is 5.32 Å². The van der Waals surface area contributed by atoms with Gasteiger partial charge in [-0.2, -0.15) is 0 Å². The molecule has 5 atom stereocenters. The number of aliphatic hydroxyl groups excluding tert-OH is 3. The SMILES string of the molecule is CC(=O)N[C@@H]1C(Oc2ccc(B3OC(C)(C)C(C)(C)O3)cc2)OC(CO)C(O)C1O. The van der Waals surface area contributed by atoms with Crippen LogP contribution in [0.5, 0.6) is 5.75 Å². The Hall–Kier alpha value is -1.69. The zero-order valence-electron chi connectivity index (χ0n) is 17.9. The number of hydrogen-bond acceptors (Lipinski definition) is 8. The van der Waals surface area contributed by atoms with E-state index in [1.165, 1.54) is 6.92 Å². The molecule has 2 saturated heterocycles. The number of ether oxygens (including phenoxy) is 2. The van der Waals surface area contributed by atoms with Crippen molar-refractivity contribution in [2.24, 2.45) is 0 Å². The molecule has 10 heteroatoms. The van der Waals surface area contributed by atoms with Gasteiger partial charge in [-0.05, 0) is 45.3 Å². The van der Waals surface area contributed by atoms with Gasteiger partial charge in [0.05, 0.1) is 17.8 Å². The van der Waals surface area contributed by atoms with Gasteiger partial charge in [-0.15, -0.1) is 0 Å². The second kappa shape index (κ2) is 8.45. The Bertz CT molecular complexity index is 740. The predicted octanol–water partition coefficient (Wildman–Crippen LogP) is -0.692. The van der Waals surface area contributed by atoms with Crippen LogP contribution in [0.4, 0.5) is 0 Å². The Labute approximate surface area is 176 Å². The van der Waals surface area contributed by atoms with E-state index in [0.717, 1.165) is 5.46 Å². The van der Waals surface area contributed by atoms with Crippen molar-refractivity contribution < 1.29 is 38.9 Å². The maximum absolute atomic E-state index is 11.5. The van der Waals surface area contributed by atoms with Gasteiger partial charge in [0.2, 0.25) is 12.2 Å². The number of nitrogens with one attached hydrogen (secondary N) is 1. The molecule has 1 aromatic rings. The van der Waals surface area contributed by atoms with Crippen LogP contribution in [0, 0.1) is 0 Å². The minimum Gasteiger partial charge on any atom is -0.463 e. The second-order valence-electron chi connectivity index (χ2n) is 8.71. The molecular formula is C20H30BNO8. The van der Waals surface area contributed by atoms with Gasteiger partial charge in [0.1, 0.15) is 30.1 Å². The zero-order chi connectivity index (χ0) is 22.3. The number of amides is 1. The molecule has 2 heterocycles. The maximum atomic E-state index is 11.5. The highest BCUT2D eigenvalue weighted by atomic mass is 16.7. The summed E-state index contributed by atoms with van der Waals surface area (Å²) in [6, 6.07) is 5.97. The molecule has 4 unspecified atom stereocenters. The number of benzene rings is 1. The van der Waals surface area contributed by atoms with E-state index in [1.54, 1.807) is 24.3 Å². The first-order valence-corrected chi connectivity index (χ1v) is 9.97. The Kier molecular flexibility index (Phi) is 6.47. The molecule has 1 aromatic carbocycles. The highest BCUT2D eigenvalue weighted by Gasteiger charge is 2.51. The molecular weight excluding hydrogens is 393 g/mol. The molecule has 0 saturated carbocycles. The van der Waals surface area contributed by atoms with E-state index in [9.17, 15) is 20.1 Å². The average Bonchev–Trinajstić information content (AvgIpc) is 2.89. The minimum atomic E-state index is -1.37. The smallest absolute Gasteiger partial charge is 0.463 e. The third-order valence-corrected chi connectivity index (χ3v) is 5.91. The van der Waals surface area contributed by atoms with Crippen LogP contribution in [-0.4, -0.2) is 76.8 Å². The largest absolute Gasteiger partial charge is 0.494 e. The summed E-state index contributed by atoms with van der Waals surface area (Å²) < 4.78 is 23.5. The lowest BCUT2D eigenvalue weighted by Gasteiger charge is -2.42. The van der Waals surface area contributed by atoms with Crippen LogP contribution in [0.15, 0.2) is 24.3 Å².